The monoisotopic (exact) mass is 425 g/mol. The SMILES string of the molecule is CN(CC(=O)NCC(N)C1CC1)S(=O)(=O)c1ccc(Br)cc1.Cl. The molecule has 2 rings (SSSR count). The standard InChI is InChI=1S/C14H20BrN3O3S.ClH/c1-18(9-14(19)17-8-13(16)10-2-3-10)22(20,21)12-6-4-11(15)5-7-12;/h4-7,10,13H,2-3,8-9,16H2,1H3,(H,17,19);1H. The Morgan fingerprint density at radius 2 is 1.96 bits per heavy atom. The van der Waals surface area contributed by atoms with E-state index < -0.39 is 10.0 Å². The van der Waals surface area contributed by atoms with E-state index in [-0.39, 0.29) is 35.8 Å². The maximum atomic E-state index is 12.3. The number of carbonyl (C=O) groups is 1. The Morgan fingerprint density at radius 3 is 2.48 bits per heavy atom. The summed E-state index contributed by atoms with van der Waals surface area (Å²) in [5, 5.41) is 2.69. The highest BCUT2D eigenvalue weighted by atomic mass is 79.9. The predicted octanol–water partition coefficient (Wildman–Crippen LogP) is 1.34. The number of carbonyl (C=O) groups excluding carboxylic acids is 1. The number of nitrogens with zero attached hydrogens (tertiary/aromatic N) is 1. The summed E-state index contributed by atoms with van der Waals surface area (Å²) in [5.74, 6) is 0.142. The third kappa shape index (κ3) is 5.72. The maximum Gasteiger partial charge on any atom is 0.243 e. The smallest absolute Gasteiger partial charge is 0.243 e. The molecule has 3 N–H and O–H groups in total. The Morgan fingerprint density at radius 1 is 1.39 bits per heavy atom. The van der Waals surface area contributed by atoms with Gasteiger partial charge < -0.3 is 11.1 Å². The number of amides is 1. The topological polar surface area (TPSA) is 92.5 Å². The van der Waals surface area contributed by atoms with Crippen LogP contribution in [0.2, 0.25) is 0 Å². The average molecular weight is 427 g/mol. The molecule has 0 aromatic heterocycles. The van der Waals surface area contributed by atoms with E-state index >= 15 is 0 Å². The molecule has 130 valence electrons. The van der Waals surface area contributed by atoms with Crippen molar-refractivity contribution in [2.45, 2.75) is 23.8 Å². The van der Waals surface area contributed by atoms with Crippen LogP contribution < -0.4 is 11.1 Å². The number of likely N-dealkylation sites (N-methyl/N-ethyl adjacent to an activating group) is 1. The van der Waals surface area contributed by atoms with Gasteiger partial charge in [-0.15, -0.1) is 12.4 Å². The van der Waals surface area contributed by atoms with Gasteiger partial charge in [-0.1, -0.05) is 15.9 Å². The van der Waals surface area contributed by atoms with Crippen molar-refractivity contribution in [2.75, 3.05) is 20.1 Å². The molecule has 0 spiro atoms. The fourth-order valence-corrected chi connectivity index (χ4v) is 3.44. The lowest BCUT2D eigenvalue weighted by Crippen LogP contribution is -2.43. The fourth-order valence-electron chi connectivity index (χ4n) is 2.05. The lowest BCUT2D eigenvalue weighted by Gasteiger charge is -2.18. The van der Waals surface area contributed by atoms with Crippen molar-refractivity contribution in [2.24, 2.45) is 11.7 Å². The molecule has 1 aromatic carbocycles. The van der Waals surface area contributed by atoms with Crippen LogP contribution in [-0.2, 0) is 14.8 Å². The lowest BCUT2D eigenvalue weighted by molar-refractivity contribution is -0.121. The Labute approximate surface area is 151 Å². The molecule has 9 heteroatoms. The van der Waals surface area contributed by atoms with Gasteiger partial charge in [0.25, 0.3) is 0 Å². The molecule has 0 bridgehead atoms. The van der Waals surface area contributed by atoms with Crippen molar-refractivity contribution in [1.29, 1.82) is 0 Å². The van der Waals surface area contributed by atoms with Crippen molar-refractivity contribution in [3.8, 4) is 0 Å². The molecule has 0 aliphatic heterocycles. The summed E-state index contributed by atoms with van der Waals surface area (Å²) in [6.45, 7) is 0.158. The van der Waals surface area contributed by atoms with Crippen molar-refractivity contribution < 1.29 is 13.2 Å². The van der Waals surface area contributed by atoms with Gasteiger partial charge in [0.2, 0.25) is 15.9 Å². The van der Waals surface area contributed by atoms with Crippen molar-refractivity contribution in [3.05, 3.63) is 28.7 Å². The van der Waals surface area contributed by atoms with Gasteiger partial charge in [-0.3, -0.25) is 4.79 Å². The Hall–Kier alpha value is -0.670. The molecule has 1 fully saturated rings. The van der Waals surface area contributed by atoms with Gasteiger partial charge in [0, 0.05) is 24.1 Å². The first kappa shape index (κ1) is 20.4. The minimum Gasteiger partial charge on any atom is -0.353 e. The summed E-state index contributed by atoms with van der Waals surface area (Å²) >= 11 is 3.26. The van der Waals surface area contributed by atoms with Crippen molar-refractivity contribution in [3.63, 3.8) is 0 Å². The molecule has 0 heterocycles. The van der Waals surface area contributed by atoms with E-state index in [2.05, 4.69) is 21.2 Å². The molecular weight excluding hydrogens is 406 g/mol. The number of sulfonamides is 1. The summed E-state index contributed by atoms with van der Waals surface area (Å²) < 4.78 is 26.5. The third-order valence-electron chi connectivity index (χ3n) is 3.65. The van der Waals surface area contributed by atoms with Crippen LogP contribution in [0.15, 0.2) is 33.6 Å². The normalized spacial score (nSPS) is 15.8. The van der Waals surface area contributed by atoms with Crippen LogP contribution in [0.5, 0.6) is 0 Å². The third-order valence-corrected chi connectivity index (χ3v) is 6.00. The quantitative estimate of drug-likeness (QED) is 0.688. The van der Waals surface area contributed by atoms with E-state index in [1.54, 1.807) is 12.1 Å². The highest BCUT2D eigenvalue weighted by molar-refractivity contribution is 9.10. The first-order chi connectivity index (χ1) is 10.3. The van der Waals surface area contributed by atoms with E-state index in [9.17, 15) is 13.2 Å². The summed E-state index contributed by atoms with van der Waals surface area (Å²) in [5.41, 5.74) is 5.90. The molecule has 1 saturated carbocycles. The summed E-state index contributed by atoms with van der Waals surface area (Å²) in [4.78, 5) is 12.0. The summed E-state index contributed by atoms with van der Waals surface area (Å²) in [7, 11) is -2.29. The summed E-state index contributed by atoms with van der Waals surface area (Å²) in [6.07, 6.45) is 2.21. The van der Waals surface area contributed by atoms with E-state index in [0.29, 0.717) is 12.5 Å². The molecular formula is C14H21BrClN3O3S. The Bertz CT molecular complexity index is 635. The van der Waals surface area contributed by atoms with Crippen LogP contribution in [0.4, 0.5) is 0 Å². The number of rotatable bonds is 7. The second kappa shape index (κ2) is 8.43. The first-order valence-electron chi connectivity index (χ1n) is 7.05. The maximum absolute atomic E-state index is 12.3. The van der Waals surface area contributed by atoms with Crippen LogP contribution in [0.1, 0.15) is 12.8 Å². The van der Waals surface area contributed by atoms with Crippen LogP contribution >= 0.6 is 28.3 Å². The molecule has 23 heavy (non-hydrogen) atoms. The van der Waals surface area contributed by atoms with Gasteiger partial charge in [0.15, 0.2) is 0 Å². The zero-order valence-corrected chi connectivity index (χ0v) is 16.0. The number of halogens is 2. The molecule has 1 aliphatic carbocycles. The zero-order valence-electron chi connectivity index (χ0n) is 12.7. The molecule has 0 radical (unpaired) electrons. The highest BCUT2D eigenvalue weighted by Gasteiger charge is 2.29. The van der Waals surface area contributed by atoms with Gasteiger partial charge in [0.1, 0.15) is 0 Å². The number of nitrogens with one attached hydrogen (secondary N) is 1. The first-order valence-corrected chi connectivity index (χ1v) is 9.28. The predicted molar refractivity (Wildman–Crippen MR) is 94.9 cm³/mol. The molecule has 1 atom stereocenters. The molecule has 1 aliphatic rings. The van der Waals surface area contributed by atoms with Crippen LogP contribution in [0.25, 0.3) is 0 Å². The van der Waals surface area contributed by atoms with Gasteiger partial charge >= 0.3 is 0 Å². The minimum atomic E-state index is -3.67. The minimum absolute atomic E-state index is 0. The number of hydrogen-bond donors (Lipinski definition) is 2. The van der Waals surface area contributed by atoms with E-state index in [4.69, 9.17) is 5.73 Å². The molecule has 1 aromatic rings. The van der Waals surface area contributed by atoms with Gasteiger partial charge in [-0.05, 0) is 43.0 Å². The van der Waals surface area contributed by atoms with Crippen molar-refractivity contribution in [1.82, 2.24) is 9.62 Å². The number of hydrogen-bond acceptors (Lipinski definition) is 4. The lowest BCUT2D eigenvalue weighted by atomic mass is 10.2. The van der Waals surface area contributed by atoms with Crippen LogP contribution in [0.3, 0.4) is 0 Å². The fraction of sp³-hybridized carbons (Fsp3) is 0.500. The van der Waals surface area contributed by atoms with Gasteiger partial charge in [0.05, 0.1) is 11.4 Å². The van der Waals surface area contributed by atoms with Gasteiger partial charge in [-0.25, -0.2) is 8.42 Å². The average Bonchev–Trinajstić information content (AvgIpc) is 3.29. The largest absolute Gasteiger partial charge is 0.353 e. The molecule has 6 nitrogen and oxygen atoms in total. The van der Waals surface area contributed by atoms with Crippen LogP contribution in [0, 0.1) is 5.92 Å². The number of benzene rings is 1. The highest BCUT2D eigenvalue weighted by Crippen LogP contribution is 2.31. The van der Waals surface area contributed by atoms with Crippen molar-refractivity contribution >= 4 is 44.3 Å². The second-order valence-electron chi connectivity index (χ2n) is 5.52. The Kier molecular flexibility index (Phi) is 7.47. The second-order valence-corrected chi connectivity index (χ2v) is 8.48. The van der Waals surface area contributed by atoms with E-state index in [1.807, 2.05) is 0 Å². The summed E-state index contributed by atoms with van der Waals surface area (Å²) in [6, 6.07) is 6.25. The van der Waals surface area contributed by atoms with E-state index in [1.165, 1.54) is 19.2 Å². The zero-order chi connectivity index (χ0) is 16.3. The molecule has 1 amide bonds. The Balaban J connectivity index is 0.00000264. The molecule has 0 saturated heterocycles. The number of nitrogens with two attached hydrogens (primary N) is 1. The molecule has 1 unspecified atom stereocenters. The van der Waals surface area contributed by atoms with Gasteiger partial charge in [-0.2, -0.15) is 4.31 Å². The van der Waals surface area contributed by atoms with Crippen LogP contribution in [-0.4, -0.2) is 44.8 Å². The van der Waals surface area contributed by atoms with E-state index in [0.717, 1.165) is 21.6 Å².